The van der Waals surface area contributed by atoms with Crippen molar-refractivity contribution in [3.8, 4) is 0 Å². The largest absolute Gasteiger partial charge is 0.467 e. The highest BCUT2D eigenvalue weighted by Crippen LogP contribution is 2.21. The van der Waals surface area contributed by atoms with Gasteiger partial charge < -0.3 is 15.1 Å². The van der Waals surface area contributed by atoms with E-state index < -0.39 is 10.0 Å². The van der Waals surface area contributed by atoms with E-state index >= 15 is 0 Å². The number of benzene rings is 1. The van der Waals surface area contributed by atoms with Gasteiger partial charge in [-0.15, -0.1) is 12.4 Å². The Hall–Kier alpha value is -1.58. The lowest BCUT2D eigenvalue weighted by Crippen LogP contribution is -2.50. The highest BCUT2D eigenvalue weighted by molar-refractivity contribution is 7.89. The van der Waals surface area contributed by atoms with Crippen molar-refractivity contribution in [1.82, 2.24) is 9.21 Å². The number of sulfonamides is 1. The van der Waals surface area contributed by atoms with E-state index in [4.69, 9.17) is 21.8 Å². The molecule has 0 unspecified atom stereocenters. The second-order valence-electron chi connectivity index (χ2n) is 5.66. The first kappa shape index (κ1) is 20.7. The van der Waals surface area contributed by atoms with Crippen molar-refractivity contribution in [3.63, 3.8) is 0 Å². The summed E-state index contributed by atoms with van der Waals surface area (Å²) in [6, 6.07) is 7.77. The molecule has 142 valence electrons. The van der Waals surface area contributed by atoms with Crippen LogP contribution < -0.4 is 5.73 Å². The number of hydrogen-bond acceptors (Lipinski definition) is 5. The molecular formula is C16H19Cl2N3O4S. The highest BCUT2D eigenvalue weighted by atomic mass is 35.5. The van der Waals surface area contributed by atoms with Gasteiger partial charge in [-0.1, -0.05) is 17.7 Å². The quantitative estimate of drug-likeness (QED) is 0.816. The number of rotatable bonds is 4. The van der Waals surface area contributed by atoms with Gasteiger partial charge in [-0.3, -0.25) is 4.79 Å². The Labute approximate surface area is 163 Å². The molecule has 1 amide bonds. The molecule has 10 heteroatoms. The minimum absolute atomic E-state index is 0. The van der Waals surface area contributed by atoms with Gasteiger partial charge in [0.15, 0.2) is 0 Å². The normalized spacial score (nSPS) is 15.5. The Bertz CT molecular complexity index is 877. The Balaban J connectivity index is 0.00000243. The first-order valence-corrected chi connectivity index (χ1v) is 9.56. The molecule has 26 heavy (non-hydrogen) atoms. The lowest BCUT2D eigenvalue weighted by molar-refractivity contribution is 0.0697. The number of nitrogens with zero attached hydrogens (tertiary/aromatic N) is 2. The predicted octanol–water partition coefficient (Wildman–Crippen LogP) is 1.96. The molecule has 2 N–H and O–H groups in total. The average molecular weight is 420 g/mol. The summed E-state index contributed by atoms with van der Waals surface area (Å²) in [6.45, 7) is 1.28. The first-order valence-electron chi connectivity index (χ1n) is 7.74. The van der Waals surface area contributed by atoms with E-state index in [-0.39, 0.29) is 42.8 Å². The van der Waals surface area contributed by atoms with Crippen molar-refractivity contribution in [3.05, 3.63) is 52.9 Å². The summed E-state index contributed by atoms with van der Waals surface area (Å²) in [4.78, 5) is 14.2. The number of hydrogen-bond donors (Lipinski definition) is 1. The van der Waals surface area contributed by atoms with Gasteiger partial charge in [-0.05, 0) is 24.3 Å². The second kappa shape index (κ2) is 8.41. The maximum Gasteiger partial charge on any atom is 0.257 e. The van der Waals surface area contributed by atoms with E-state index in [0.29, 0.717) is 29.4 Å². The molecule has 3 rings (SSSR count). The van der Waals surface area contributed by atoms with Crippen LogP contribution in [0.1, 0.15) is 16.1 Å². The van der Waals surface area contributed by atoms with Crippen LogP contribution >= 0.6 is 24.0 Å². The van der Waals surface area contributed by atoms with Crippen molar-refractivity contribution >= 4 is 39.9 Å². The minimum Gasteiger partial charge on any atom is -0.467 e. The zero-order chi connectivity index (χ0) is 18.0. The number of amides is 1. The summed E-state index contributed by atoms with van der Waals surface area (Å²) in [5.74, 6) is 0.341. The molecule has 1 aromatic carbocycles. The number of furan rings is 1. The zero-order valence-electron chi connectivity index (χ0n) is 13.8. The standard InChI is InChI=1S/C16H18ClN3O4S.ClH/c17-13-2-1-3-15(9-13)25(22,23)20-6-4-19(5-7-20)16(21)12-8-14(10-18)24-11-12;/h1-3,8-9,11H,4-7,10,18H2;1H. The van der Waals surface area contributed by atoms with E-state index in [1.807, 2.05) is 0 Å². The summed E-state index contributed by atoms with van der Waals surface area (Å²) < 4.78 is 31.9. The molecular weight excluding hydrogens is 401 g/mol. The Morgan fingerprint density at radius 3 is 2.46 bits per heavy atom. The van der Waals surface area contributed by atoms with E-state index in [2.05, 4.69) is 0 Å². The van der Waals surface area contributed by atoms with Crippen molar-refractivity contribution in [2.45, 2.75) is 11.4 Å². The fourth-order valence-electron chi connectivity index (χ4n) is 2.69. The molecule has 7 nitrogen and oxygen atoms in total. The molecule has 2 aromatic rings. The molecule has 0 aliphatic carbocycles. The third kappa shape index (κ3) is 4.21. The van der Waals surface area contributed by atoms with E-state index in [9.17, 15) is 13.2 Å². The lowest BCUT2D eigenvalue weighted by atomic mass is 10.2. The van der Waals surface area contributed by atoms with Crippen molar-refractivity contribution in [2.75, 3.05) is 26.2 Å². The summed E-state index contributed by atoms with van der Waals surface area (Å²) in [7, 11) is -3.62. The molecule has 0 atom stereocenters. The van der Waals surface area contributed by atoms with Crippen LogP contribution in [0, 0.1) is 0 Å². The molecule has 0 spiro atoms. The topological polar surface area (TPSA) is 96.9 Å². The van der Waals surface area contributed by atoms with Crippen molar-refractivity contribution < 1.29 is 17.6 Å². The van der Waals surface area contributed by atoms with Crippen LogP contribution in [0.3, 0.4) is 0 Å². The third-order valence-corrected chi connectivity index (χ3v) is 6.19. The molecule has 1 saturated heterocycles. The maximum absolute atomic E-state index is 12.7. The van der Waals surface area contributed by atoms with Gasteiger partial charge in [0, 0.05) is 31.2 Å². The summed E-state index contributed by atoms with van der Waals surface area (Å²) >= 11 is 5.88. The van der Waals surface area contributed by atoms with Gasteiger partial charge in [0.1, 0.15) is 12.0 Å². The average Bonchev–Trinajstić information content (AvgIpc) is 3.10. The van der Waals surface area contributed by atoms with Crippen LogP contribution in [0.25, 0.3) is 0 Å². The van der Waals surface area contributed by atoms with Crippen LogP contribution in [-0.2, 0) is 16.6 Å². The molecule has 2 heterocycles. The van der Waals surface area contributed by atoms with Crippen LogP contribution in [0.5, 0.6) is 0 Å². The fraction of sp³-hybridized carbons (Fsp3) is 0.312. The van der Waals surface area contributed by atoms with Crippen molar-refractivity contribution in [2.24, 2.45) is 5.73 Å². The summed E-state index contributed by atoms with van der Waals surface area (Å²) in [5.41, 5.74) is 5.90. The molecule has 1 aromatic heterocycles. The first-order chi connectivity index (χ1) is 11.9. The number of halogens is 2. The van der Waals surface area contributed by atoms with Gasteiger partial charge in [-0.25, -0.2) is 8.42 Å². The number of carbonyl (C=O) groups excluding carboxylic acids is 1. The van der Waals surface area contributed by atoms with Crippen LogP contribution in [0.4, 0.5) is 0 Å². The number of piperazine rings is 1. The van der Waals surface area contributed by atoms with E-state index in [0.717, 1.165) is 0 Å². The van der Waals surface area contributed by atoms with Gasteiger partial charge >= 0.3 is 0 Å². The van der Waals surface area contributed by atoms with Crippen LogP contribution in [0.15, 0.2) is 45.9 Å². The third-order valence-electron chi connectivity index (χ3n) is 4.06. The number of nitrogens with two attached hydrogens (primary N) is 1. The predicted molar refractivity (Wildman–Crippen MR) is 100.0 cm³/mol. The fourth-order valence-corrected chi connectivity index (χ4v) is 4.41. The molecule has 0 saturated carbocycles. The van der Waals surface area contributed by atoms with Gasteiger partial charge in [0.05, 0.1) is 17.0 Å². The smallest absolute Gasteiger partial charge is 0.257 e. The lowest BCUT2D eigenvalue weighted by Gasteiger charge is -2.33. The Morgan fingerprint density at radius 1 is 1.19 bits per heavy atom. The molecule has 1 fully saturated rings. The SMILES string of the molecule is Cl.NCc1cc(C(=O)N2CCN(S(=O)(=O)c3cccc(Cl)c3)CC2)co1. The van der Waals surface area contributed by atoms with Gasteiger partial charge in [-0.2, -0.15) is 4.31 Å². The van der Waals surface area contributed by atoms with Crippen LogP contribution in [-0.4, -0.2) is 49.7 Å². The molecule has 1 aliphatic heterocycles. The van der Waals surface area contributed by atoms with E-state index in [1.165, 1.54) is 22.7 Å². The van der Waals surface area contributed by atoms with Gasteiger partial charge in [0.25, 0.3) is 5.91 Å². The Kier molecular flexibility index (Phi) is 6.70. The minimum atomic E-state index is -3.62. The highest BCUT2D eigenvalue weighted by Gasteiger charge is 2.30. The zero-order valence-corrected chi connectivity index (χ0v) is 16.2. The molecule has 0 bridgehead atoms. The number of carbonyl (C=O) groups is 1. The Morgan fingerprint density at radius 2 is 1.88 bits per heavy atom. The van der Waals surface area contributed by atoms with Crippen molar-refractivity contribution in [1.29, 1.82) is 0 Å². The van der Waals surface area contributed by atoms with E-state index in [1.54, 1.807) is 23.1 Å². The summed E-state index contributed by atoms with van der Waals surface area (Å²) in [6.07, 6.45) is 1.37. The monoisotopic (exact) mass is 419 g/mol. The maximum atomic E-state index is 12.7. The van der Waals surface area contributed by atoms with Gasteiger partial charge in [0.2, 0.25) is 10.0 Å². The molecule has 0 radical (unpaired) electrons. The summed E-state index contributed by atoms with van der Waals surface area (Å²) in [5, 5.41) is 0.366. The molecule has 1 aliphatic rings. The van der Waals surface area contributed by atoms with Crippen LogP contribution in [0.2, 0.25) is 5.02 Å². The second-order valence-corrected chi connectivity index (χ2v) is 8.03.